The van der Waals surface area contributed by atoms with E-state index in [1.165, 1.54) is 0 Å². The van der Waals surface area contributed by atoms with E-state index < -0.39 is 24.0 Å². The third-order valence-electron chi connectivity index (χ3n) is 3.76. The molecule has 118 valence electrons. The summed E-state index contributed by atoms with van der Waals surface area (Å²) in [5.74, 6) is -0.888. The van der Waals surface area contributed by atoms with Crippen LogP contribution in [0.3, 0.4) is 0 Å². The van der Waals surface area contributed by atoms with Crippen molar-refractivity contribution in [2.75, 3.05) is 13.1 Å². The van der Waals surface area contributed by atoms with E-state index in [0.717, 1.165) is 5.56 Å². The fourth-order valence-electron chi connectivity index (χ4n) is 2.65. The Balaban J connectivity index is 2.10. The third-order valence-corrected chi connectivity index (χ3v) is 3.76. The van der Waals surface area contributed by atoms with E-state index in [1.807, 2.05) is 35.6 Å². The zero-order valence-electron chi connectivity index (χ0n) is 11.9. The van der Waals surface area contributed by atoms with E-state index in [2.05, 4.69) is 0 Å². The molecule has 2 rings (SSSR count). The zero-order chi connectivity index (χ0) is 16.2. The number of nitrogens with zero attached hydrogens (tertiary/aromatic N) is 2. The minimum atomic E-state index is -4.55. The standard InChI is InChI=1S/C15H16F3N3O/c16-15(17,18)14(20-13(22)6-8-19)7-9-21(11-14)10-12-4-2-1-3-5-12/h1-5H,6-7,9-11H2,(H,20,22). The normalized spacial score (nSPS) is 22.3. The quantitative estimate of drug-likeness (QED) is 0.927. The average Bonchev–Trinajstić information content (AvgIpc) is 2.84. The van der Waals surface area contributed by atoms with Gasteiger partial charge in [-0.2, -0.15) is 18.4 Å². The first-order valence-corrected chi connectivity index (χ1v) is 6.87. The Hall–Kier alpha value is -2.07. The predicted octanol–water partition coefficient (Wildman–Crippen LogP) is 2.22. The summed E-state index contributed by atoms with van der Waals surface area (Å²) < 4.78 is 40.2. The van der Waals surface area contributed by atoms with Crippen LogP contribution in [0.25, 0.3) is 0 Å². The van der Waals surface area contributed by atoms with Crippen LogP contribution in [-0.2, 0) is 11.3 Å². The van der Waals surface area contributed by atoms with Gasteiger partial charge >= 0.3 is 6.18 Å². The summed E-state index contributed by atoms with van der Waals surface area (Å²) in [7, 11) is 0. The Labute approximate surface area is 126 Å². The summed E-state index contributed by atoms with van der Waals surface area (Å²) in [6, 6.07) is 10.8. The molecule has 1 unspecified atom stereocenters. The molecule has 0 aromatic heterocycles. The second-order valence-corrected chi connectivity index (χ2v) is 5.41. The molecule has 1 amide bonds. The van der Waals surface area contributed by atoms with Crippen molar-refractivity contribution in [1.29, 1.82) is 5.26 Å². The summed E-state index contributed by atoms with van der Waals surface area (Å²) in [6.07, 6.45) is -5.33. The molecule has 1 aromatic rings. The number of rotatable bonds is 4. The number of hydrogen-bond acceptors (Lipinski definition) is 3. The molecule has 1 aliphatic rings. The van der Waals surface area contributed by atoms with Crippen molar-refractivity contribution in [3.05, 3.63) is 35.9 Å². The Morgan fingerprint density at radius 3 is 2.64 bits per heavy atom. The van der Waals surface area contributed by atoms with Gasteiger partial charge in [0.1, 0.15) is 12.0 Å². The average molecular weight is 311 g/mol. The number of carbonyl (C=O) groups is 1. The van der Waals surface area contributed by atoms with Gasteiger partial charge in [-0.25, -0.2) is 0 Å². The van der Waals surface area contributed by atoms with E-state index in [4.69, 9.17) is 5.26 Å². The maximum Gasteiger partial charge on any atom is 0.412 e. The number of nitrogens with one attached hydrogen (secondary N) is 1. The van der Waals surface area contributed by atoms with Crippen molar-refractivity contribution in [1.82, 2.24) is 10.2 Å². The number of amides is 1. The highest BCUT2D eigenvalue weighted by molar-refractivity contribution is 5.79. The second kappa shape index (κ2) is 6.36. The highest BCUT2D eigenvalue weighted by Crippen LogP contribution is 2.38. The van der Waals surface area contributed by atoms with E-state index in [9.17, 15) is 18.0 Å². The van der Waals surface area contributed by atoms with E-state index in [-0.39, 0.29) is 19.5 Å². The van der Waals surface area contributed by atoms with Gasteiger partial charge in [0.05, 0.1) is 6.07 Å². The predicted molar refractivity (Wildman–Crippen MR) is 73.5 cm³/mol. The second-order valence-electron chi connectivity index (χ2n) is 5.41. The van der Waals surface area contributed by atoms with Crippen molar-refractivity contribution in [3.8, 4) is 6.07 Å². The number of likely N-dealkylation sites (tertiary alicyclic amines) is 1. The molecule has 0 spiro atoms. The van der Waals surface area contributed by atoms with Crippen LogP contribution >= 0.6 is 0 Å². The lowest BCUT2D eigenvalue weighted by Gasteiger charge is -2.32. The van der Waals surface area contributed by atoms with Gasteiger partial charge in [-0.1, -0.05) is 30.3 Å². The van der Waals surface area contributed by atoms with Gasteiger partial charge in [0, 0.05) is 19.6 Å². The molecule has 1 aromatic carbocycles. The van der Waals surface area contributed by atoms with Gasteiger partial charge in [-0.15, -0.1) is 0 Å². The minimum Gasteiger partial charge on any atom is -0.340 e. The first-order chi connectivity index (χ1) is 10.4. The monoisotopic (exact) mass is 311 g/mol. The maximum atomic E-state index is 13.4. The van der Waals surface area contributed by atoms with Crippen LogP contribution in [0.1, 0.15) is 18.4 Å². The molecule has 0 radical (unpaired) electrons. The Morgan fingerprint density at radius 2 is 2.05 bits per heavy atom. The number of carbonyl (C=O) groups excluding carboxylic acids is 1. The van der Waals surface area contributed by atoms with Gasteiger partial charge in [0.25, 0.3) is 0 Å². The molecule has 1 atom stereocenters. The first-order valence-electron chi connectivity index (χ1n) is 6.87. The van der Waals surface area contributed by atoms with Crippen LogP contribution in [0.5, 0.6) is 0 Å². The van der Waals surface area contributed by atoms with Crippen LogP contribution in [0.4, 0.5) is 13.2 Å². The molecule has 1 N–H and O–H groups in total. The summed E-state index contributed by atoms with van der Waals surface area (Å²) in [4.78, 5) is 13.1. The highest BCUT2D eigenvalue weighted by atomic mass is 19.4. The molecule has 1 saturated heterocycles. The molecule has 0 saturated carbocycles. The molecule has 0 bridgehead atoms. The van der Waals surface area contributed by atoms with Crippen LogP contribution in [0.2, 0.25) is 0 Å². The lowest BCUT2D eigenvalue weighted by atomic mass is 9.97. The first kappa shape index (κ1) is 16.3. The van der Waals surface area contributed by atoms with Crippen molar-refractivity contribution >= 4 is 5.91 Å². The van der Waals surface area contributed by atoms with Crippen LogP contribution in [0.15, 0.2) is 30.3 Å². The summed E-state index contributed by atoms with van der Waals surface area (Å²) in [5, 5.41) is 10.5. The summed E-state index contributed by atoms with van der Waals surface area (Å²) in [5.41, 5.74) is -1.35. The number of benzene rings is 1. The topological polar surface area (TPSA) is 56.1 Å². The molecule has 1 aliphatic heterocycles. The molecule has 7 heteroatoms. The highest BCUT2D eigenvalue weighted by Gasteiger charge is 2.58. The number of nitriles is 1. The molecule has 0 aliphatic carbocycles. The molecule has 1 heterocycles. The smallest absolute Gasteiger partial charge is 0.340 e. The van der Waals surface area contributed by atoms with Gasteiger partial charge in [-0.05, 0) is 12.0 Å². The van der Waals surface area contributed by atoms with Crippen LogP contribution in [-0.4, -0.2) is 35.6 Å². The molecule has 22 heavy (non-hydrogen) atoms. The van der Waals surface area contributed by atoms with Crippen molar-refractivity contribution in [2.45, 2.75) is 31.1 Å². The number of halogens is 3. The fourth-order valence-corrected chi connectivity index (χ4v) is 2.65. The Morgan fingerprint density at radius 1 is 1.36 bits per heavy atom. The third kappa shape index (κ3) is 3.57. The molecular weight excluding hydrogens is 295 g/mol. The Kier molecular flexibility index (Phi) is 4.71. The molecular formula is C15H16F3N3O. The molecule has 1 fully saturated rings. The summed E-state index contributed by atoms with van der Waals surface area (Å²) >= 11 is 0. The van der Waals surface area contributed by atoms with E-state index >= 15 is 0 Å². The minimum absolute atomic E-state index is 0.208. The van der Waals surface area contributed by atoms with Crippen molar-refractivity contribution < 1.29 is 18.0 Å². The summed E-state index contributed by atoms with van der Waals surface area (Å²) in [6.45, 7) is 0.330. The Bertz CT molecular complexity index is 568. The van der Waals surface area contributed by atoms with Gasteiger partial charge in [0.2, 0.25) is 5.91 Å². The van der Waals surface area contributed by atoms with Gasteiger partial charge in [-0.3, -0.25) is 9.69 Å². The van der Waals surface area contributed by atoms with E-state index in [1.54, 1.807) is 11.0 Å². The van der Waals surface area contributed by atoms with Gasteiger partial charge in [0.15, 0.2) is 0 Å². The van der Waals surface area contributed by atoms with Crippen molar-refractivity contribution in [2.24, 2.45) is 0 Å². The van der Waals surface area contributed by atoms with E-state index in [0.29, 0.717) is 6.54 Å². The zero-order valence-corrected chi connectivity index (χ0v) is 11.9. The van der Waals surface area contributed by atoms with Crippen molar-refractivity contribution in [3.63, 3.8) is 0 Å². The molecule has 4 nitrogen and oxygen atoms in total. The SMILES string of the molecule is N#CCC(=O)NC1(C(F)(F)F)CCN(Cc2ccccc2)C1. The van der Waals surface area contributed by atoms with Gasteiger partial charge < -0.3 is 5.32 Å². The number of hydrogen-bond donors (Lipinski definition) is 1. The lowest BCUT2D eigenvalue weighted by Crippen LogP contribution is -2.60. The van der Waals surface area contributed by atoms with Crippen LogP contribution < -0.4 is 5.32 Å². The lowest BCUT2D eigenvalue weighted by molar-refractivity contribution is -0.194. The number of alkyl halides is 3. The van der Waals surface area contributed by atoms with Crippen LogP contribution in [0, 0.1) is 11.3 Å². The largest absolute Gasteiger partial charge is 0.412 e. The fraction of sp³-hybridized carbons (Fsp3) is 0.467. The maximum absolute atomic E-state index is 13.4.